The molecule has 2 aromatic rings. The molecule has 0 saturated heterocycles. The second-order valence-corrected chi connectivity index (χ2v) is 3.89. The summed E-state index contributed by atoms with van der Waals surface area (Å²) in [5.74, 6) is 0.621. The van der Waals surface area contributed by atoms with E-state index in [4.69, 9.17) is 0 Å². The predicted molar refractivity (Wildman–Crippen MR) is 62.8 cm³/mol. The van der Waals surface area contributed by atoms with Crippen molar-refractivity contribution < 1.29 is 4.39 Å². The van der Waals surface area contributed by atoms with Crippen LogP contribution in [-0.4, -0.2) is 16.6 Å². The SMILES string of the molecule is CCC(NC)c1nc2c(F)cccc2n1C. The lowest BCUT2D eigenvalue weighted by Gasteiger charge is -2.13. The van der Waals surface area contributed by atoms with Gasteiger partial charge in [0.15, 0.2) is 5.82 Å². The quantitative estimate of drug-likeness (QED) is 0.862. The van der Waals surface area contributed by atoms with Crippen LogP contribution < -0.4 is 5.32 Å². The molecule has 0 fully saturated rings. The molecule has 0 amide bonds. The molecule has 2 rings (SSSR count). The van der Waals surface area contributed by atoms with Gasteiger partial charge in [-0.2, -0.15) is 0 Å². The Morgan fingerprint density at radius 1 is 1.50 bits per heavy atom. The second-order valence-electron chi connectivity index (χ2n) is 3.89. The van der Waals surface area contributed by atoms with E-state index in [-0.39, 0.29) is 11.9 Å². The number of rotatable bonds is 3. The summed E-state index contributed by atoms with van der Waals surface area (Å²) in [6, 6.07) is 5.21. The van der Waals surface area contributed by atoms with Gasteiger partial charge in [0.05, 0.1) is 11.6 Å². The van der Waals surface area contributed by atoms with Crippen molar-refractivity contribution in [3.05, 3.63) is 29.8 Å². The van der Waals surface area contributed by atoms with Gasteiger partial charge in [0.2, 0.25) is 0 Å². The van der Waals surface area contributed by atoms with Crippen molar-refractivity contribution in [3.63, 3.8) is 0 Å². The molecular weight excluding hydrogens is 205 g/mol. The summed E-state index contributed by atoms with van der Waals surface area (Å²) in [6.45, 7) is 2.08. The van der Waals surface area contributed by atoms with Crippen molar-refractivity contribution in [2.45, 2.75) is 19.4 Å². The van der Waals surface area contributed by atoms with Crippen LogP contribution in [0.3, 0.4) is 0 Å². The molecule has 0 aliphatic carbocycles. The third kappa shape index (κ3) is 1.59. The van der Waals surface area contributed by atoms with Gasteiger partial charge in [-0.3, -0.25) is 0 Å². The number of aryl methyl sites for hydroxylation is 1. The smallest absolute Gasteiger partial charge is 0.151 e. The van der Waals surface area contributed by atoms with Crippen LogP contribution in [0.15, 0.2) is 18.2 Å². The molecule has 0 bridgehead atoms. The molecule has 0 aliphatic heterocycles. The molecule has 0 aliphatic rings. The fourth-order valence-corrected chi connectivity index (χ4v) is 2.03. The molecule has 3 nitrogen and oxygen atoms in total. The Labute approximate surface area is 94.3 Å². The summed E-state index contributed by atoms with van der Waals surface area (Å²) in [6.07, 6.45) is 0.926. The lowest BCUT2D eigenvalue weighted by atomic mass is 10.2. The first-order valence-corrected chi connectivity index (χ1v) is 5.47. The van der Waals surface area contributed by atoms with Crippen LogP contribution in [-0.2, 0) is 7.05 Å². The van der Waals surface area contributed by atoms with Crippen molar-refractivity contribution in [1.82, 2.24) is 14.9 Å². The maximum atomic E-state index is 13.6. The van der Waals surface area contributed by atoms with Crippen molar-refractivity contribution in [2.24, 2.45) is 7.05 Å². The van der Waals surface area contributed by atoms with E-state index in [0.717, 1.165) is 17.8 Å². The van der Waals surface area contributed by atoms with E-state index in [9.17, 15) is 4.39 Å². The van der Waals surface area contributed by atoms with Gasteiger partial charge in [-0.25, -0.2) is 9.37 Å². The van der Waals surface area contributed by atoms with Gasteiger partial charge in [0, 0.05) is 7.05 Å². The van der Waals surface area contributed by atoms with E-state index >= 15 is 0 Å². The molecule has 0 radical (unpaired) electrons. The van der Waals surface area contributed by atoms with E-state index < -0.39 is 0 Å². The average molecular weight is 221 g/mol. The average Bonchev–Trinajstić information content (AvgIpc) is 2.61. The Bertz CT molecular complexity index is 500. The first kappa shape index (κ1) is 11.1. The van der Waals surface area contributed by atoms with Crippen molar-refractivity contribution >= 4 is 11.0 Å². The lowest BCUT2D eigenvalue weighted by Crippen LogP contribution is -2.19. The molecule has 1 aromatic heterocycles. The molecule has 1 N–H and O–H groups in total. The number of halogens is 1. The largest absolute Gasteiger partial charge is 0.330 e. The van der Waals surface area contributed by atoms with Crippen LogP contribution in [0.5, 0.6) is 0 Å². The normalized spacial score (nSPS) is 13.2. The summed E-state index contributed by atoms with van der Waals surface area (Å²) in [4.78, 5) is 4.38. The molecule has 1 unspecified atom stereocenters. The fraction of sp³-hybridized carbons (Fsp3) is 0.417. The van der Waals surface area contributed by atoms with Gasteiger partial charge < -0.3 is 9.88 Å². The number of imidazole rings is 1. The zero-order valence-electron chi connectivity index (χ0n) is 9.79. The monoisotopic (exact) mass is 221 g/mol. The number of benzene rings is 1. The predicted octanol–water partition coefficient (Wildman–Crippen LogP) is 2.38. The van der Waals surface area contributed by atoms with Gasteiger partial charge in [-0.15, -0.1) is 0 Å². The van der Waals surface area contributed by atoms with Gasteiger partial charge in [-0.05, 0) is 25.6 Å². The number of nitrogens with one attached hydrogen (secondary N) is 1. The van der Waals surface area contributed by atoms with E-state index in [2.05, 4.69) is 17.2 Å². The minimum absolute atomic E-state index is 0.164. The Morgan fingerprint density at radius 3 is 2.81 bits per heavy atom. The maximum absolute atomic E-state index is 13.6. The Kier molecular flexibility index (Phi) is 2.92. The molecule has 0 saturated carbocycles. The van der Waals surface area contributed by atoms with Crippen LogP contribution in [0.4, 0.5) is 4.39 Å². The summed E-state index contributed by atoms with van der Waals surface area (Å²) >= 11 is 0. The number of aromatic nitrogens is 2. The minimum atomic E-state index is -0.259. The van der Waals surface area contributed by atoms with Gasteiger partial charge in [0.25, 0.3) is 0 Å². The molecule has 4 heteroatoms. The Balaban J connectivity index is 2.64. The Morgan fingerprint density at radius 2 is 2.25 bits per heavy atom. The molecule has 16 heavy (non-hydrogen) atoms. The highest BCUT2D eigenvalue weighted by Gasteiger charge is 2.16. The molecule has 1 aromatic carbocycles. The zero-order chi connectivity index (χ0) is 11.7. The minimum Gasteiger partial charge on any atom is -0.330 e. The first-order valence-electron chi connectivity index (χ1n) is 5.47. The first-order chi connectivity index (χ1) is 7.69. The zero-order valence-corrected chi connectivity index (χ0v) is 9.79. The highest BCUT2D eigenvalue weighted by atomic mass is 19.1. The highest BCUT2D eigenvalue weighted by Crippen LogP contribution is 2.22. The van der Waals surface area contributed by atoms with E-state index in [1.165, 1.54) is 6.07 Å². The van der Waals surface area contributed by atoms with Crippen molar-refractivity contribution in [3.8, 4) is 0 Å². The maximum Gasteiger partial charge on any atom is 0.151 e. The second kappa shape index (κ2) is 4.22. The summed E-state index contributed by atoms with van der Waals surface area (Å²) in [5.41, 5.74) is 1.29. The standard InChI is InChI=1S/C12H16FN3/c1-4-9(14-2)12-15-11-8(13)6-5-7-10(11)16(12)3/h5-7,9,14H,4H2,1-3H3. The Hall–Kier alpha value is -1.42. The fourth-order valence-electron chi connectivity index (χ4n) is 2.03. The van der Waals surface area contributed by atoms with Gasteiger partial charge in [-0.1, -0.05) is 13.0 Å². The topological polar surface area (TPSA) is 29.9 Å². The number of hydrogen-bond donors (Lipinski definition) is 1. The molecular formula is C12H16FN3. The lowest BCUT2D eigenvalue weighted by molar-refractivity contribution is 0.529. The van der Waals surface area contributed by atoms with Crippen LogP contribution in [0, 0.1) is 5.82 Å². The van der Waals surface area contributed by atoms with Crippen molar-refractivity contribution in [2.75, 3.05) is 7.05 Å². The highest BCUT2D eigenvalue weighted by molar-refractivity contribution is 5.76. The molecule has 1 heterocycles. The van der Waals surface area contributed by atoms with E-state index in [1.807, 2.05) is 24.7 Å². The number of nitrogens with zero attached hydrogens (tertiary/aromatic N) is 2. The van der Waals surface area contributed by atoms with Crippen LogP contribution in [0.25, 0.3) is 11.0 Å². The summed E-state index contributed by atoms with van der Waals surface area (Å²) < 4.78 is 15.5. The number of fused-ring (bicyclic) bond motifs is 1. The third-order valence-electron chi connectivity index (χ3n) is 2.97. The summed E-state index contributed by atoms with van der Waals surface area (Å²) in [7, 11) is 3.81. The molecule has 1 atom stereocenters. The van der Waals surface area contributed by atoms with Gasteiger partial charge >= 0.3 is 0 Å². The van der Waals surface area contributed by atoms with Crippen LogP contribution in [0.1, 0.15) is 25.2 Å². The van der Waals surface area contributed by atoms with Gasteiger partial charge in [0.1, 0.15) is 11.3 Å². The summed E-state index contributed by atoms with van der Waals surface area (Å²) in [5, 5.41) is 3.18. The molecule has 86 valence electrons. The van der Waals surface area contributed by atoms with Crippen molar-refractivity contribution in [1.29, 1.82) is 0 Å². The van der Waals surface area contributed by atoms with Crippen LogP contribution in [0.2, 0.25) is 0 Å². The third-order valence-corrected chi connectivity index (χ3v) is 2.97. The van der Waals surface area contributed by atoms with E-state index in [0.29, 0.717) is 5.52 Å². The number of para-hydroxylation sites is 1. The number of hydrogen-bond acceptors (Lipinski definition) is 2. The van der Waals surface area contributed by atoms with Crippen LogP contribution >= 0.6 is 0 Å². The van der Waals surface area contributed by atoms with E-state index in [1.54, 1.807) is 6.07 Å². The molecule has 0 spiro atoms.